The van der Waals surface area contributed by atoms with Crippen LogP contribution < -0.4 is 10.1 Å². The van der Waals surface area contributed by atoms with E-state index in [0.717, 1.165) is 12.1 Å². The van der Waals surface area contributed by atoms with Crippen LogP contribution >= 0.6 is 0 Å². The number of aliphatic hydroxyl groups is 1. The van der Waals surface area contributed by atoms with Gasteiger partial charge in [0, 0.05) is 6.04 Å². The van der Waals surface area contributed by atoms with Crippen LogP contribution in [-0.4, -0.2) is 24.4 Å². The first-order valence-electron chi connectivity index (χ1n) is 6.42. The van der Waals surface area contributed by atoms with Gasteiger partial charge in [0.25, 0.3) is 0 Å². The van der Waals surface area contributed by atoms with Crippen LogP contribution in [0.5, 0.6) is 5.75 Å². The quantitative estimate of drug-likeness (QED) is 0.787. The molecule has 102 valence electrons. The SMILES string of the molecule is CCNC(C)c1ccc(OCC(O)CC)c(F)c1. The zero-order chi connectivity index (χ0) is 13.5. The molecule has 2 unspecified atom stereocenters. The van der Waals surface area contributed by atoms with Gasteiger partial charge in [-0.05, 0) is 37.6 Å². The van der Waals surface area contributed by atoms with Gasteiger partial charge in [0.05, 0.1) is 6.10 Å². The summed E-state index contributed by atoms with van der Waals surface area (Å²) in [4.78, 5) is 0. The third kappa shape index (κ3) is 4.27. The fraction of sp³-hybridized carbons (Fsp3) is 0.571. The third-order valence-corrected chi connectivity index (χ3v) is 2.87. The molecule has 1 aromatic carbocycles. The van der Waals surface area contributed by atoms with E-state index in [-0.39, 0.29) is 24.2 Å². The van der Waals surface area contributed by atoms with E-state index in [1.807, 2.05) is 26.8 Å². The number of hydrogen-bond acceptors (Lipinski definition) is 3. The summed E-state index contributed by atoms with van der Waals surface area (Å²) in [5.41, 5.74) is 0.887. The highest BCUT2D eigenvalue weighted by molar-refractivity contribution is 5.30. The van der Waals surface area contributed by atoms with Gasteiger partial charge in [-0.1, -0.05) is 19.9 Å². The van der Waals surface area contributed by atoms with Crippen molar-refractivity contribution < 1.29 is 14.2 Å². The molecule has 0 spiro atoms. The van der Waals surface area contributed by atoms with E-state index in [0.29, 0.717) is 6.42 Å². The maximum absolute atomic E-state index is 13.8. The Balaban J connectivity index is 2.67. The number of rotatable bonds is 7. The Bertz CT molecular complexity index is 371. The lowest BCUT2D eigenvalue weighted by Gasteiger charge is -2.15. The molecule has 0 heterocycles. The van der Waals surface area contributed by atoms with Crippen molar-refractivity contribution in [2.45, 2.75) is 39.3 Å². The van der Waals surface area contributed by atoms with E-state index in [4.69, 9.17) is 4.74 Å². The van der Waals surface area contributed by atoms with Crippen molar-refractivity contribution in [3.63, 3.8) is 0 Å². The van der Waals surface area contributed by atoms with Gasteiger partial charge in [0.1, 0.15) is 6.61 Å². The van der Waals surface area contributed by atoms with Gasteiger partial charge in [-0.2, -0.15) is 0 Å². The summed E-state index contributed by atoms with van der Waals surface area (Å²) in [6.45, 7) is 6.81. The Labute approximate surface area is 108 Å². The Morgan fingerprint density at radius 1 is 1.39 bits per heavy atom. The molecule has 0 bridgehead atoms. The first-order chi connectivity index (χ1) is 8.58. The summed E-state index contributed by atoms with van der Waals surface area (Å²) >= 11 is 0. The Morgan fingerprint density at radius 3 is 2.67 bits per heavy atom. The molecule has 18 heavy (non-hydrogen) atoms. The number of nitrogens with one attached hydrogen (secondary N) is 1. The fourth-order valence-electron chi connectivity index (χ4n) is 1.63. The topological polar surface area (TPSA) is 41.5 Å². The van der Waals surface area contributed by atoms with Gasteiger partial charge >= 0.3 is 0 Å². The van der Waals surface area contributed by atoms with Gasteiger partial charge in [-0.25, -0.2) is 4.39 Å². The second kappa shape index (κ2) is 7.34. The highest BCUT2D eigenvalue weighted by Crippen LogP contribution is 2.22. The van der Waals surface area contributed by atoms with Crippen molar-refractivity contribution in [2.24, 2.45) is 0 Å². The van der Waals surface area contributed by atoms with E-state index in [9.17, 15) is 9.50 Å². The molecule has 0 aromatic heterocycles. The fourth-order valence-corrected chi connectivity index (χ4v) is 1.63. The molecule has 1 rings (SSSR count). The van der Waals surface area contributed by atoms with Gasteiger partial charge < -0.3 is 15.2 Å². The summed E-state index contributed by atoms with van der Waals surface area (Å²) in [5.74, 6) is -0.199. The molecular formula is C14H22FNO2. The van der Waals surface area contributed by atoms with E-state index in [1.54, 1.807) is 6.07 Å². The molecule has 0 aliphatic carbocycles. The average Bonchev–Trinajstić information content (AvgIpc) is 2.37. The average molecular weight is 255 g/mol. The molecule has 0 amide bonds. The van der Waals surface area contributed by atoms with E-state index in [1.165, 1.54) is 6.07 Å². The Morgan fingerprint density at radius 2 is 2.11 bits per heavy atom. The number of halogens is 1. The minimum Gasteiger partial charge on any atom is -0.488 e. The molecule has 4 heteroatoms. The predicted octanol–water partition coefficient (Wildman–Crippen LogP) is 2.65. The smallest absolute Gasteiger partial charge is 0.165 e. The van der Waals surface area contributed by atoms with Crippen LogP contribution in [0.1, 0.15) is 38.8 Å². The largest absolute Gasteiger partial charge is 0.488 e. The first-order valence-corrected chi connectivity index (χ1v) is 6.42. The number of benzene rings is 1. The molecule has 0 saturated heterocycles. The molecule has 0 saturated carbocycles. The highest BCUT2D eigenvalue weighted by Gasteiger charge is 2.10. The lowest BCUT2D eigenvalue weighted by Crippen LogP contribution is -2.18. The van der Waals surface area contributed by atoms with Crippen molar-refractivity contribution in [2.75, 3.05) is 13.2 Å². The van der Waals surface area contributed by atoms with Crippen LogP contribution in [-0.2, 0) is 0 Å². The Hall–Kier alpha value is -1.13. The molecule has 0 radical (unpaired) electrons. The van der Waals surface area contributed by atoms with Crippen molar-refractivity contribution in [1.29, 1.82) is 0 Å². The van der Waals surface area contributed by atoms with Crippen molar-refractivity contribution >= 4 is 0 Å². The zero-order valence-corrected chi connectivity index (χ0v) is 11.2. The summed E-state index contributed by atoms with van der Waals surface area (Å²) in [5, 5.41) is 12.6. The standard InChI is InChI=1S/C14H22FNO2/c1-4-12(17)9-18-14-7-6-11(8-13(14)15)10(3)16-5-2/h6-8,10,12,16-17H,4-5,9H2,1-3H3. The first kappa shape index (κ1) is 14.9. The van der Waals surface area contributed by atoms with Gasteiger partial charge in [-0.3, -0.25) is 0 Å². The molecule has 2 N–H and O–H groups in total. The van der Waals surface area contributed by atoms with Crippen LogP contribution in [0.2, 0.25) is 0 Å². The summed E-state index contributed by atoms with van der Waals surface area (Å²) in [6.07, 6.45) is 0.0433. The van der Waals surface area contributed by atoms with Crippen LogP contribution in [0.25, 0.3) is 0 Å². The minimum absolute atomic E-state index is 0.111. The molecular weight excluding hydrogens is 233 g/mol. The van der Waals surface area contributed by atoms with Crippen LogP contribution in [0, 0.1) is 5.82 Å². The number of hydrogen-bond donors (Lipinski definition) is 2. The maximum atomic E-state index is 13.8. The predicted molar refractivity (Wildman–Crippen MR) is 70.3 cm³/mol. The minimum atomic E-state index is -0.551. The van der Waals surface area contributed by atoms with Crippen molar-refractivity contribution in [3.8, 4) is 5.75 Å². The maximum Gasteiger partial charge on any atom is 0.165 e. The van der Waals surface area contributed by atoms with Crippen molar-refractivity contribution in [1.82, 2.24) is 5.32 Å². The van der Waals surface area contributed by atoms with Gasteiger partial charge in [-0.15, -0.1) is 0 Å². The van der Waals surface area contributed by atoms with Crippen LogP contribution in [0.3, 0.4) is 0 Å². The number of aliphatic hydroxyl groups excluding tert-OH is 1. The molecule has 0 fully saturated rings. The summed E-state index contributed by atoms with van der Waals surface area (Å²) < 4.78 is 19.0. The third-order valence-electron chi connectivity index (χ3n) is 2.87. The molecule has 0 aliphatic heterocycles. The van der Waals surface area contributed by atoms with Gasteiger partial charge in [0.15, 0.2) is 11.6 Å². The lowest BCUT2D eigenvalue weighted by atomic mass is 10.1. The summed E-state index contributed by atoms with van der Waals surface area (Å²) in [7, 11) is 0. The number of ether oxygens (including phenoxy) is 1. The summed E-state index contributed by atoms with van der Waals surface area (Å²) in [6, 6.07) is 5.03. The van der Waals surface area contributed by atoms with Crippen LogP contribution in [0.15, 0.2) is 18.2 Å². The van der Waals surface area contributed by atoms with Crippen LogP contribution in [0.4, 0.5) is 4.39 Å². The zero-order valence-electron chi connectivity index (χ0n) is 11.2. The van der Waals surface area contributed by atoms with E-state index < -0.39 is 6.10 Å². The molecule has 3 nitrogen and oxygen atoms in total. The van der Waals surface area contributed by atoms with E-state index >= 15 is 0 Å². The normalized spacial score (nSPS) is 14.3. The monoisotopic (exact) mass is 255 g/mol. The lowest BCUT2D eigenvalue weighted by molar-refractivity contribution is 0.102. The molecule has 0 aliphatic rings. The van der Waals surface area contributed by atoms with Gasteiger partial charge in [0.2, 0.25) is 0 Å². The Kier molecular flexibility index (Phi) is 6.09. The second-order valence-corrected chi connectivity index (χ2v) is 4.34. The van der Waals surface area contributed by atoms with Crippen molar-refractivity contribution in [3.05, 3.63) is 29.6 Å². The molecule has 1 aromatic rings. The second-order valence-electron chi connectivity index (χ2n) is 4.34. The molecule has 2 atom stereocenters. The van der Waals surface area contributed by atoms with E-state index in [2.05, 4.69) is 5.32 Å². The highest BCUT2D eigenvalue weighted by atomic mass is 19.1.